The van der Waals surface area contributed by atoms with Gasteiger partial charge in [-0.3, -0.25) is 4.79 Å². The first-order chi connectivity index (χ1) is 9.19. The summed E-state index contributed by atoms with van der Waals surface area (Å²) in [6.45, 7) is 4.77. The molecule has 4 nitrogen and oxygen atoms in total. The van der Waals surface area contributed by atoms with Gasteiger partial charge in [0, 0.05) is 31.7 Å². The number of hydrogen-bond donors (Lipinski definition) is 2. The van der Waals surface area contributed by atoms with Crippen molar-refractivity contribution < 1.29 is 9.53 Å². The van der Waals surface area contributed by atoms with Gasteiger partial charge in [0.2, 0.25) is 5.91 Å². The molecule has 0 radical (unpaired) electrons. The van der Waals surface area contributed by atoms with Crippen molar-refractivity contribution in [1.82, 2.24) is 10.6 Å². The van der Waals surface area contributed by atoms with Crippen LogP contribution in [0.5, 0.6) is 0 Å². The number of hydrogen-bond acceptors (Lipinski definition) is 3. The summed E-state index contributed by atoms with van der Waals surface area (Å²) in [5.74, 6) is 0.0993. The molecule has 1 aliphatic carbocycles. The lowest BCUT2D eigenvalue weighted by atomic mass is 9.90. The summed E-state index contributed by atoms with van der Waals surface area (Å²) < 4.78 is 5.80. The Kier molecular flexibility index (Phi) is 5.64. The molecule has 4 heteroatoms. The molecule has 2 rings (SSSR count). The topological polar surface area (TPSA) is 50.4 Å². The third-order valence-corrected chi connectivity index (χ3v) is 4.44. The Hall–Kier alpha value is -0.610. The van der Waals surface area contributed by atoms with Gasteiger partial charge in [0.05, 0.1) is 6.10 Å². The predicted molar refractivity (Wildman–Crippen MR) is 76.0 cm³/mol. The third kappa shape index (κ3) is 4.46. The lowest BCUT2D eigenvalue weighted by Gasteiger charge is -2.34. The second-order valence-corrected chi connectivity index (χ2v) is 5.98. The van der Waals surface area contributed by atoms with Gasteiger partial charge >= 0.3 is 0 Å². The van der Waals surface area contributed by atoms with E-state index in [0.717, 1.165) is 38.7 Å². The Balaban J connectivity index is 1.73. The Morgan fingerprint density at radius 2 is 1.89 bits per heavy atom. The molecule has 2 aliphatic rings. The quantitative estimate of drug-likeness (QED) is 0.801. The predicted octanol–water partition coefficient (Wildman–Crippen LogP) is 1.98. The molecule has 1 saturated carbocycles. The van der Waals surface area contributed by atoms with E-state index in [2.05, 4.69) is 17.6 Å². The van der Waals surface area contributed by atoms with Gasteiger partial charge in [-0.25, -0.2) is 0 Å². The highest BCUT2D eigenvalue weighted by atomic mass is 16.5. The third-order valence-electron chi connectivity index (χ3n) is 4.44. The molecule has 110 valence electrons. The summed E-state index contributed by atoms with van der Waals surface area (Å²) in [5.41, 5.74) is 0. The number of nitrogens with one attached hydrogen (secondary N) is 2. The maximum atomic E-state index is 11.0. The van der Waals surface area contributed by atoms with Crippen molar-refractivity contribution in [2.45, 2.75) is 83.0 Å². The molecule has 2 fully saturated rings. The maximum Gasteiger partial charge on any atom is 0.217 e. The van der Waals surface area contributed by atoms with Gasteiger partial charge in [-0.1, -0.05) is 6.92 Å². The van der Waals surface area contributed by atoms with Crippen LogP contribution in [0, 0.1) is 0 Å². The van der Waals surface area contributed by atoms with Gasteiger partial charge in [0.1, 0.15) is 0 Å². The Bertz CT molecular complexity index is 282. The number of amides is 1. The molecule has 0 bridgehead atoms. The van der Waals surface area contributed by atoms with E-state index in [4.69, 9.17) is 4.74 Å². The minimum absolute atomic E-state index is 0.0993. The van der Waals surface area contributed by atoms with Crippen LogP contribution in [0.3, 0.4) is 0 Å². The van der Waals surface area contributed by atoms with E-state index in [1.807, 2.05) is 0 Å². The van der Waals surface area contributed by atoms with E-state index in [9.17, 15) is 4.79 Å². The summed E-state index contributed by atoms with van der Waals surface area (Å²) in [4.78, 5) is 11.0. The lowest BCUT2D eigenvalue weighted by molar-refractivity contribution is -0.119. The zero-order valence-electron chi connectivity index (χ0n) is 12.3. The average molecular weight is 268 g/mol. The normalized spacial score (nSPS) is 33.1. The van der Waals surface area contributed by atoms with Crippen molar-refractivity contribution >= 4 is 5.91 Å². The van der Waals surface area contributed by atoms with E-state index < -0.39 is 0 Å². The van der Waals surface area contributed by atoms with Crippen molar-refractivity contribution in [1.29, 1.82) is 0 Å². The fourth-order valence-corrected chi connectivity index (χ4v) is 3.40. The minimum Gasteiger partial charge on any atom is -0.377 e. The molecule has 2 N–H and O–H groups in total. The SMILES string of the molecule is CC[C@H](NC1CCC(NC(C)=O)CC1)[C@H]1CCCO1. The smallest absolute Gasteiger partial charge is 0.217 e. The largest absolute Gasteiger partial charge is 0.377 e. The first-order valence-corrected chi connectivity index (χ1v) is 7.83. The molecule has 1 aliphatic heterocycles. The lowest BCUT2D eigenvalue weighted by Crippen LogP contribution is -2.48. The van der Waals surface area contributed by atoms with Crippen LogP contribution in [0.2, 0.25) is 0 Å². The molecule has 0 aromatic carbocycles. The monoisotopic (exact) mass is 268 g/mol. The number of carbonyl (C=O) groups is 1. The summed E-state index contributed by atoms with van der Waals surface area (Å²) in [6.07, 6.45) is 8.47. The van der Waals surface area contributed by atoms with Crippen molar-refractivity contribution in [3.05, 3.63) is 0 Å². The van der Waals surface area contributed by atoms with Gasteiger partial charge in [0.25, 0.3) is 0 Å². The molecule has 0 spiro atoms. The van der Waals surface area contributed by atoms with Crippen LogP contribution in [-0.4, -0.2) is 36.7 Å². The van der Waals surface area contributed by atoms with Crippen molar-refractivity contribution in [3.63, 3.8) is 0 Å². The van der Waals surface area contributed by atoms with E-state index >= 15 is 0 Å². The molecular formula is C15H28N2O2. The van der Waals surface area contributed by atoms with Crippen LogP contribution in [0.1, 0.15) is 58.8 Å². The van der Waals surface area contributed by atoms with Crippen LogP contribution in [0.15, 0.2) is 0 Å². The summed E-state index contributed by atoms with van der Waals surface area (Å²) in [7, 11) is 0. The summed E-state index contributed by atoms with van der Waals surface area (Å²) >= 11 is 0. The van der Waals surface area contributed by atoms with Crippen LogP contribution >= 0.6 is 0 Å². The van der Waals surface area contributed by atoms with Gasteiger partial charge < -0.3 is 15.4 Å². The second-order valence-electron chi connectivity index (χ2n) is 5.98. The molecule has 1 saturated heterocycles. The molecule has 0 unspecified atom stereocenters. The minimum atomic E-state index is 0.0993. The first-order valence-electron chi connectivity index (χ1n) is 7.83. The van der Waals surface area contributed by atoms with Crippen LogP contribution in [0.4, 0.5) is 0 Å². The highest BCUT2D eigenvalue weighted by molar-refractivity contribution is 5.73. The molecule has 19 heavy (non-hydrogen) atoms. The van der Waals surface area contributed by atoms with Crippen LogP contribution < -0.4 is 10.6 Å². The summed E-state index contributed by atoms with van der Waals surface area (Å²) in [5, 5.41) is 6.82. The van der Waals surface area contributed by atoms with Gasteiger partial charge in [-0.2, -0.15) is 0 Å². The van der Waals surface area contributed by atoms with Gasteiger partial charge in [-0.15, -0.1) is 0 Å². The Labute approximate surface area is 116 Å². The number of rotatable bonds is 5. The molecule has 0 aromatic rings. The summed E-state index contributed by atoms with van der Waals surface area (Å²) in [6, 6.07) is 1.49. The van der Waals surface area contributed by atoms with Gasteiger partial charge in [-0.05, 0) is 44.9 Å². The molecule has 1 heterocycles. The van der Waals surface area contributed by atoms with E-state index in [-0.39, 0.29) is 5.91 Å². The molecular weight excluding hydrogens is 240 g/mol. The van der Waals surface area contributed by atoms with E-state index in [1.54, 1.807) is 6.92 Å². The highest BCUT2D eigenvalue weighted by Crippen LogP contribution is 2.23. The molecule has 1 amide bonds. The zero-order chi connectivity index (χ0) is 13.7. The van der Waals surface area contributed by atoms with E-state index in [0.29, 0.717) is 24.2 Å². The Morgan fingerprint density at radius 3 is 2.42 bits per heavy atom. The van der Waals surface area contributed by atoms with Crippen molar-refractivity contribution in [3.8, 4) is 0 Å². The van der Waals surface area contributed by atoms with Crippen molar-refractivity contribution in [2.24, 2.45) is 0 Å². The second kappa shape index (κ2) is 7.25. The van der Waals surface area contributed by atoms with E-state index in [1.165, 1.54) is 12.8 Å². The number of ether oxygens (including phenoxy) is 1. The fraction of sp³-hybridized carbons (Fsp3) is 0.933. The standard InChI is InChI=1S/C15H28N2O2/c1-3-14(15-5-4-10-19-15)17-13-8-6-12(7-9-13)16-11(2)18/h12-15,17H,3-10H2,1-2H3,(H,16,18)/t12?,13?,14-,15+/m0/s1. The number of carbonyl (C=O) groups excluding carboxylic acids is 1. The van der Waals surface area contributed by atoms with Crippen LogP contribution in [-0.2, 0) is 9.53 Å². The average Bonchev–Trinajstić information content (AvgIpc) is 2.91. The molecule has 2 atom stereocenters. The highest BCUT2D eigenvalue weighted by Gasteiger charge is 2.28. The fourth-order valence-electron chi connectivity index (χ4n) is 3.40. The van der Waals surface area contributed by atoms with Crippen molar-refractivity contribution in [2.75, 3.05) is 6.61 Å². The first kappa shape index (κ1) is 14.8. The van der Waals surface area contributed by atoms with Gasteiger partial charge in [0.15, 0.2) is 0 Å². The zero-order valence-corrected chi connectivity index (χ0v) is 12.3. The molecule has 0 aromatic heterocycles. The maximum absolute atomic E-state index is 11.0. The Morgan fingerprint density at radius 1 is 1.21 bits per heavy atom. The van der Waals surface area contributed by atoms with Crippen LogP contribution in [0.25, 0.3) is 0 Å².